The van der Waals surface area contributed by atoms with Gasteiger partial charge in [0.15, 0.2) is 0 Å². The zero-order valence-corrected chi connectivity index (χ0v) is 14.0. The van der Waals surface area contributed by atoms with Crippen molar-refractivity contribution in [3.8, 4) is 5.75 Å². The van der Waals surface area contributed by atoms with Crippen LogP contribution in [0.1, 0.15) is 36.0 Å². The molecular weight excluding hydrogens is 282 g/mol. The molecule has 2 heteroatoms. The number of fused-ring (bicyclic) bond motifs is 1. The third-order valence-corrected chi connectivity index (χ3v) is 4.46. The van der Waals surface area contributed by atoms with Gasteiger partial charge in [0.05, 0.1) is 0 Å². The lowest BCUT2D eigenvalue weighted by atomic mass is 9.84. The minimum atomic E-state index is 0.332. The standard InChI is InChI=1S/C21H25NO/c1-22(2)15-18-10-4-3-8-16-9-5-6-13-20(16)21(18)17-11-7-12-19(23)14-17/h5-7,9,11-14,23H,3-4,8,10,15H2,1-2H3. The zero-order chi connectivity index (χ0) is 16.2. The van der Waals surface area contributed by atoms with Crippen molar-refractivity contribution in [1.29, 1.82) is 0 Å². The first kappa shape index (κ1) is 15.8. The molecule has 3 rings (SSSR count). The van der Waals surface area contributed by atoms with E-state index in [1.807, 2.05) is 12.1 Å². The lowest BCUT2D eigenvalue weighted by molar-refractivity contribution is 0.437. The lowest BCUT2D eigenvalue weighted by Gasteiger charge is -2.24. The maximum atomic E-state index is 9.95. The molecule has 0 fully saturated rings. The molecule has 0 aliphatic heterocycles. The number of phenols is 1. The molecule has 2 nitrogen and oxygen atoms in total. The minimum absolute atomic E-state index is 0.332. The fraction of sp³-hybridized carbons (Fsp3) is 0.333. The van der Waals surface area contributed by atoms with Gasteiger partial charge >= 0.3 is 0 Å². The second-order valence-electron chi connectivity index (χ2n) is 6.63. The van der Waals surface area contributed by atoms with Gasteiger partial charge in [-0.3, -0.25) is 0 Å². The van der Waals surface area contributed by atoms with Gasteiger partial charge in [-0.2, -0.15) is 0 Å². The summed E-state index contributed by atoms with van der Waals surface area (Å²) in [4.78, 5) is 2.24. The van der Waals surface area contributed by atoms with Crippen LogP contribution in [-0.4, -0.2) is 30.6 Å². The van der Waals surface area contributed by atoms with Crippen LogP contribution in [-0.2, 0) is 6.42 Å². The molecule has 0 radical (unpaired) electrons. The predicted octanol–water partition coefficient (Wildman–Crippen LogP) is 4.48. The van der Waals surface area contributed by atoms with Crippen molar-refractivity contribution in [2.75, 3.05) is 20.6 Å². The van der Waals surface area contributed by atoms with E-state index in [-0.39, 0.29) is 0 Å². The fourth-order valence-electron chi connectivity index (χ4n) is 3.51. The van der Waals surface area contributed by atoms with Gasteiger partial charge < -0.3 is 10.0 Å². The fourth-order valence-corrected chi connectivity index (χ4v) is 3.51. The van der Waals surface area contributed by atoms with Crippen molar-refractivity contribution < 1.29 is 5.11 Å². The Morgan fingerprint density at radius 3 is 2.52 bits per heavy atom. The first-order valence-electron chi connectivity index (χ1n) is 8.39. The van der Waals surface area contributed by atoms with Gasteiger partial charge in [-0.05, 0) is 79.7 Å². The zero-order valence-electron chi connectivity index (χ0n) is 14.0. The summed E-state index contributed by atoms with van der Waals surface area (Å²) in [6.45, 7) is 0.958. The highest BCUT2D eigenvalue weighted by molar-refractivity contribution is 5.84. The summed E-state index contributed by atoms with van der Waals surface area (Å²) in [5.74, 6) is 0.332. The number of hydrogen-bond donors (Lipinski definition) is 1. The van der Waals surface area contributed by atoms with Crippen LogP contribution in [0.3, 0.4) is 0 Å². The van der Waals surface area contributed by atoms with Gasteiger partial charge in [-0.25, -0.2) is 0 Å². The van der Waals surface area contributed by atoms with Crippen LogP contribution < -0.4 is 0 Å². The molecule has 1 aliphatic carbocycles. The van der Waals surface area contributed by atoms with Crippen LogP contribution in [0.2, 0.25) is 0 Å². The van der Waals surface area contributed by atoms with Gasteiger partial charge in [-0.15, -0.1) is 0 Å². The Labute approximate surface area is 139 Å². The Bertz CT molecular complexity index is 715. The van der Waals surface area contributed by atoms with Gasteiger partial charge in [0.25, 0.3) is 0 Å². The van der Waals surface area contributed by atoms with E-state index in [1.54, 1.807) is 6.07 Å². The van der Waals surface area contributed by atoms with Crippen LogP contribution >= 0.6 is 0 Å². The van der Waals surface area contributed by atoms with Crippen LogP contribution in [0, 0.1) is 0 Å². The van der Waals surface area contributed by atoms with Gasteiger partial charge in [-0.1, -0.05) is 36.4 Å². The molecule has 0 aromatic heterocycles. The van der Waals surface area contributed by atoms with E-state index in [2.05, 4.69) is 49.3 Å². The largest absolute Gasteiger partial charge is 0.508 e. The third kappa shape index (κ3) is 3.65. The minimum Gasteiger partial charge on any atom is -0.508 e. The van der Waals surface area contributed by atoms with E-state index in [0.29, 0.717) is 5.75 Å². The van der Waals surface area contributed by atoms with E-state index >= 15 is 0 Å². The predicted molar refractivity (Wildman–Crippen MR) is 96.7 cm³/mol. The maximum absolute atomic E-state index is 9.95. The first-order chi connectivity index (χ1) is 11.1. The summed E-state index contributed by atoms with van der Waals surface area (Å²) < 4.78 is 0. The number of likely N-dealkylation sites (N-methyl/N-ethyl adjacent to an activating group) is 1. The molecule has 0 heterocycles. The van der Waals surface area contributed by atoms with Crippen molar-refractivity contribution in [3.63, 3.8) is 0 Å². The molecule has 0 bridgehead atoms. The number of rotatable bonds is 3. The van der Waals surface area contributed by atoms with E-state index in [1.165, 1.54) is 35.1 Å². The molecule has 0 amide bonds. The molecule has 0 saturated carbocycles. The number of aryl methyl sites for hydroxylation is 1. The van der Waals surface area contributed by atoms with Crippen molar-refractivity contribution >= 4 is 5.57 Å². The molecule has 2 aromatic carbocycles. The molecule has 1 N–H and O–H groups in total. The summed E-state index contributed by atoms with van der Waals surface area (Å²) >= 11 is 0. The monoisotopic (exact) mass is 307 g/mol. The molecule has 0 unspecified atom stereocenters. The highest BCUT2D eigenvalue weighted by atomic mass is 16.3. The molecular formula is C21H25NO. The smallest absolute Gasteiger partial charge is 0.116 e. The third-order valence-electron chi connectivity index (χ3n) is 4.46. The van der Waals surface area contributed by atoms with Crippen molar-refractivity contribution in [1.82, 2.24) is 4.90 Å². The summed E-state index contributed by atoms with van der Waals surface area (Å²) in [5, 5.41) is 9.95. The second-order valence-corrected chi connectivity index (χ2v) is 6.63. The Kier molecular flexibility index (Phi) is 4.82. The van der Waals surface area contributed by atoms with Crippen LogP contribution in [0.25, 0.3) is 5.57 Å². The Balaban J connectivity index is 2.23. The maximum Gasteiger partial charge on any atom is 0.116 e. The van der Waals surface area contributed by atoms with E-state index in [0.717, 1.165) is 24.9 Å². The Morgan fingerprint density at radius 2 is 1.74 bits per heavy atom. The van der Waals surface area contributed by atoms with Gasteiger partial charge in [0.1, 0.15) is 5.75 Å². The topological polar surface area (TPSA) is 23.5 Å². The number of phenolic OH excluding ortho intramolecular Hbond substituents is 1. The average molecular weight is 307 g/mol. The van der Waals surface area contributed by atoms with Crippen LogP contribution in [0.15, 0.2) is 54.1 Å². The summed E-state index contributed by atoms with van der Waals surface area (Å²) in [6, 6.07) is 16.4. The molecule has 0 spiro atoms. The van der Waals surface area contributed by atoms with Crippen molar-refractivity contribution in [2.24, 2.45) is 0 Å². The Hall–Kier alpha value is -2.06. The number of nitrogens with zero attached hydrogens (tertiary/aromatic N) is 1. The van der Waals surface area contributed by atoms with Crippen LogP contribution in [0.4, 0.5) is 0 Å². The molecule has 1 aliphatic rings. The highest BCUT2D eigenvalue weighted by Gasteiger charge is 2.18. The number of hydrogen-bond acceptors (Lipinski definition) is 2. The molecule has 0 saturated heterocycles. The average Bonchev–Trinajstić information content (AvgIpc) is 2.50. The molecule has 0 atom stereocenters. The summed E-state index contributed by atoms with van der Waals surface area (Å²) in [6.07, 6.45) is 4.71. The summed E-state index contributed by atoms with van der Waals surface area (Å²) in [7, 11) is 4.25. The van der Waals surface area contributed by atoms with Crippen molar-refractivity contribution in [3.05, 3.63) is 70.8 Å². The SMILES string of the molecule is CN(C)CC1=C(c2cccc(O)c2)c2ccccc2CCCC1. The van der Waals surface area contributed by atoms with Crippen LogP contribution in [0.5, 0.6) is 5.75 Å². The van der Waals surface area contributed by atoms with E-state index in [4.69, 9.17) is 0 Å². The van der Waals surface area contributed by atoms with E-state index in [9.17, 15) is 5.11 Å². The first-order valence-corrected chi connectivity index (χ1v) is 8.39. The number of benzene rings is 2. The quantitative estimate of drug-likeness (QED) is 0.903. The Morgan fingerprint density at radius 1 is 0.957 bits per heavy atom. The van der Waals surface area contributed by atoms with Gasteiger partial charge in [0.2, 0.25) is 0 Å². The molecule has 23 heavy (non-hydrogen) atoms. The molecule has 2 aromatic rings. The van der Waals surface area contributed by atoms with Crippen molar-refractivity contribution in [2.45, 2.75) is 25.7 Å². The lowest BCUT2D eigenvalue weighted by Crippen LogP contribution is -2.17. The van der Waals surface area contributed by atoms with Gasteiger partial charge in [0, 0.05) is 6.54 Å². The number of aromatic hydroxyl groups is 1. The highest BCUT2D eigenvalue weighted by Crippen LogP contribution is 2.35. The summed E-state index contributed by atoms with van der Waals surface area (Å²) in [5.41, 5.74) is 6.64. The second kappa shape index (κ2) is 7.01. The molecule has 120 valence electrons. The normalized spacial score (nSPS) is 15.3. The van der Waals surface area contributed by atoms with E-state index < -0.39 is 0 Å².